The van der Waals surface area contributed by atoms with E-state index in [2.05, 4.69) is 47.1 Å². The third-order valence-electron chi connectivity index (χ3n) is 5.82. The number of halogens is 1. The lowest BCUT2D eigenvalue weighted by Gasteiger charge is -2.29. The van der Waals surface area contributed by atoms with Crippen molar-refractivity contribution in [3.05, 3.63) is 35.9 Å². The molecule has 0 bridgehead atoms. The number of rotatable bonds is 4. The molecule has 4 nitrogen and oxygen atoms in total. The monoisotopic (exact) mass is 365 g/mol. The summed E-state index contributed by atoms with van der Waals surface area (Å²) in [5.41, 5.74) is 7.39. The molecular formula is C20H32ClN3O. The van der Waals surface area contributed by atoms with Crippen LogP contribution in [0.1, 0.15) is 44.1 Å². The Bertz CT molecular complexity index is 531. The Morgan fingerprint density at radius 3 is 2.36 bits per heavy atom. The second-order valence-electron chi connectivity index (χ2n) is 7.38. The highest BCUT2D eigenvalue weighted by Gasteiger charge is 2.37. The number of hydrogen-bond donors (Lipinski definition) is 1. The van der Waals surface area contributed by atoms with Gasteiger partial charge in [-0.25, -0.2) is 0 Å². The van der Waals surface area contributed by atoms with Gasteiger partial charge in [0.15, 0.2) is 0 Å². The fourth-order valence-electron chi connectivity index (χ4n) is 4.25. The first kappa shape index (κ1) is 20.2. The predicted molar refractivity (Wildman–Crippen MR) is 105 cm³/mol. The molecule has 2 heterocycles. The van der Waals surface area contributed by atoms with Gasteiger partial charge in [0.2, 0.25) is 5.91 Å². The number of nitrogens with two attached hydrogens (primary N) is 1. The molecule has 5 heteroatoms. The van der Waals surface area contributed by atoms with Crippen molar-refractivity contribution in [3.8, 4) is 0 Å². The van der Waals surface area contributed by atoms with Gasteiger partial charge in [-0.3, -0.25) is 9.69 Å². The van der Waals surface area contributed by atoms with Crippen LogP contribution in [0, 0.1) is 5.92 Å². The molecule has 0 saturated carbocycles. The molecule has 0 spiro atoms. The van der Waals surface area contributed by atoms with Crippen molar-refractivity contribution in [3.63, 3.8) is 0 Å². The first-order valence-corrected chi connectivity index (χ1v) is 9.48. The van der Waals surface area contributed by atoms with E-state index in [0.717, 1.165) is 39.0 Å². The first-order chi connectivity index (χ1) is 11.7. The van der Waals surface area contributed by atoms with Crippen LogP contribution in [0.2, 0.25) is 0 Å². The van der Waals surface area contributed by atoms with Gasteiger partial charge in [-0.2, -0.15) is 0 Å². The Morgan fingerprint density at radius 2 is 1.76 bits per heavy atom. The molecule has 2 saturated heterocycles. The van der Waals surface area contributed by atoms with Gasteiger partial charge in [-0.15, -0.1) is 12.4 Å². The molecule has 2 aliphatic heterocycles. The molecule has 3 rings (SSSR count). The zero-order valence-corrected chi connectivity index (χ0v) is 16.1. The SMILES string of the molecule is CC(C(=O)N1CCCCCC1)N1C[C@@H](CN)[C@H](c2ccccc2)C1.Cl. The molecule has 1 unspecified atom stereocenters. The Hall–Kier alpha value is -1.10. The van der Waals surface area contributed by atoms with Crippen molar-refractivity contribution < 1.29 is 4.79 Å². The molecule has 3 atom stereocenters. The second-order valence-corrected chi connectivity index (χ2v) is 7.38. The predicted octanol–water partition coefficient (Wildman–Crippen LogP) is 2.87. The number of hydrogen-bond acceptors (Lipinski definition) is 3. The highest BCUT2D eigenvalue weighted by atomic mass is 35.5. The molecule has 0 aromatic heterocycles. The normalized spacial score (nSPS) is 25.9. The van der Waals surface area contributed by atoms with Crippen LogP contribution in [0.15, 0.2) is 30.3 Å². The summed E-state index contributed by atoms with van der Waals surface area (Å²) in [6.45, 7) is 6.48. The van der Waals surface area contributed by atoms with E-state index >= 15 is 0 Å². The molecule has 140 valence electrons. The summed E-state index contributed by atoms with van der Waals surface area (Å²) in [5, 5.41) is 0. The van der Waals surface area contributed by atoms with Crippen LogP contribution in [-0.4, -0.2) is 54.5 Å². The van der Waals surface area contributed by atoms with Gasteiger partial charge in [0, 0.05) is 32.1 Å². The third kappa shape index (κ3) is 4.75. The van der Waals surface area contributed by atoms with E-state index in [1.807, 2.05) is 0 Å². The standard InChI is InChI=1S/C20H31N3O.ClH/c1-16(20(24)22-11-7-2-3-8-12-22)23-14-18(13-21)19(15-23)17-9-5-4-6-10-17;/h4-6,9-10,16,18-19H,2-3,7-8,11-15,21H2,1H3;1H/t16?,18-,19+;/m1./s1. The van der Waals surface area contributed by atoms with E-state index in [-0.39, 0.29) is 18.4 Å². The fourth-order valence-corrected chi connectivity index (χ4v) is 4.25. The lowest BCUT2D eigenvalue weighted by atomic mass is 9.89. The smallest absolute Gasteiger partial charge is 0.239 e. The quantitative estimate of drug-likeness (QED) is 0.892. The van der Waals surface area contributed by atoms with Crippen molar-refractivity contribution >= 4 is 18.3 Å². The average Bonchev–Trinajstić information content (AvgIpc) is 2.88. The highest BCUT2D eigenvalue weighted by Crippen LogP contribution is 2.33. The maximum absolute atomic E-state index is 12.9. The van der Waals surface area contributed by atoms with Gasteiger partial charge in [-0.1, -0.05) is 43.2 Å². The molecule has 1 aromatic rings. The Labute approximate surface area is 158 Å². The van der Waals surface area contributed by atoms with Gasteiger partial charge < -0.3 is 10.6 Å². The lowest BCUT2D eigenvalue weighted by molar-refractivity contribution is -0.136. The number of amides is 1. The summed E-state index contributed by atoms with van der Waals surface area (Å²) in [4.78, 5) is 17.4. The van der Waals surface area contributed by atoms with Crippen LogP contribution >= 0.6 is 12.4 Å². The fraction of sp³-hybridized carbons (Fsp3) is 0.650. The van der Waals surface area contributed by atoms with Gasteiger partial charge in [0.25, 0.3) is 0 Å². The summed E-state index contributed by atoms with van der Waals surface area (Å²) >= 11 is 0. The Balaban J connectivity index is 0.00000225. The summed E-state index contributed by atoms with van der Waals surface area (Å²) in [6.07, 6.45) is 4.81. The summed E-state index contributed by atoms with van der Waals surface area (Å²) in [7, 11) is 0. The molecule has 0 aliphatic carbocycles. The van der Waals surface area contributed by atoms with Crippen LogP contribution in [0.5, 0.6) is 0 Å². The number of carbonyl (C=O) groups is 1. The molecule has 0 radical (unpaired) electrons. The molecule has 2 fully saturated rings. The summed E-state index contributed by atoms with van der Waals surface area (Å²) < 4.78 is 0. The molecule has 2 N–H and O–H groups in total. The van der Waals surface area contributed by atoms with Crippen molar-refractivity contribution in [1.82, 2.24) is 9.80 Å². The number of nitrogens with zero attached hydrogens (tertiary/aromatic N) is 2. The zero-order chi connectivity index (χ0) is 16.9. The van der Waals surface area contributed by atoms with E-state index in [9.17, 15) is 4.79 Å². The second kappa shape index (κ2) is 9.56. The maximum atomic E-state index is 12.9. The highest BCUT2D eigenvalue weighted by molar-refractivity contribution is 5.85. The summed E-state index contributed by atoms with van der Waals surface area (Å²) in [6, 6.07) is 10.6. The van der Waals surface area contributed by atoms with E-state index in [0.29, 0.717) is 24.3 Å². The number of benzene rings is 1. The van der Waals surface area contributed by atoms with E-state index < -0.39 is 0 Å². The first-order valence-electron chi connectivity index (χ1n) is 9.48. The number of likely N-dealkylation sites (tertiary alicyclic amines) is 2. The summed E-state index contributed by atoms with van der Waals surface area (Å²) in [5.74, 6) is 1.18. The minimum atomic E-state index is -0.0362. The van der Waals surface area contributed by atoms with Crippen LogP contribution in [-0.2, 0) is 4.79 Å². The van der Waals surface area contributed by atoms with Crippen molar-refractivity contribution in [2.75, 3.05) is 32.7 Å². The maximum Gasteiger partial charge on any atom is 0.239 e. The topological polar surface area (TPSA) is 49.6 Å². The van der Waals surface area contributed by atoms with E-state index in [1.165, 1.54) is 18.4 Å². The molecule has 2 aliphatic rings. The van der Waals surface area contributed by atoms with Crippen molar-refractivity contribution in [1.29, 1.82) is 0 Å². The van der Waals surface area contributed by atoms with Gasteiger partial charge in [0.1, 0.15) is 0 Å². The van der Waals surface area contributed by atoms with Crippen LogP contribution in [0.3, 0.4) is 0 Å². The molecular weight excluding hydrogens is 334 g/mol. The Kier molecular flexibility index (Phi) is 7.73. The van der Waals surface area contributed by atoms with Crippen LogP contribution < -0.4 is 5.73 Å². The third-order valence-corrected chi connectivity index (χ3v) is 5.82. The minimum Gasteiger partial charge on any atom is -0.341 e. The van der Waals surface area contributed by atoms with Crippen LogP contribution in [0.25, 0.3) is 0 Å². The number of carbonyl (C=O) groups excluding carboxylic acids is 1. The van der Waals surface area contributed by atoms with Gasteiger partial charge in [-0.05, 0) is 37.8 Å². The van der Waals surface area contributed by atoms with Crippen molar-refractivity contribution in [2.45, 2.75) is 44.6 Å². The molecule has 1 amide bonds. The zero-order valence-electron chi connectivity index (χ0n) is 15.3. The lowest BCUT2D eigenvalue weighted by Crippen LogP contribution is -2.47. The largest absolute Gasteiger partial charge is 0.341 e. The van der Waals surface area contributed by atoms with Crippen LogP contribution in [0.4, 0.5) is 0 Å². The van der Waals surface area contributed by atoms with E-state index in [4.69, 9.17) is 5.73 Å². The Morgan fingerprint density at radius 1 is 1.12 bits per heavy atom. The molecule has 25 heavy (non-hydrogen) atoms. The van der Waals surface area contributed by atoms with Crippen molar-refractivity contribution in [2.24, 2.45) is 11.7 Å². The minimum absolute atomic E-state index is 0. The average molecular weight is 366 g/mol. The van der Waals surface area contributed by atoms with Gasteiger partial charge in [0.05, 0.1) is 6.04 Å². The van der Waals surface area contributed by atoms with Gasteiger partial charge >= 0.3 is 0 Å². The molecule has 1 aromatic carbocycles. The van der Waals surface area contributed by atoms with E-state index in [1.54, 1.807) is 0 Å².